The minimum Gasteiger partial charge on any atom is -0.480 e. The number of rotatable bonds is 41. The van der Waals surface area contributed by atoms with Crippen LogP contribution in [-0.2, 0) is 47.9 Å². The third-order valence-corrected chi connectivity index (χ3v) is 15.1. The molecular formula is C60H99N17O13S. The molecule has 31 heteroatoms. The molecule has 0 aliphatic carbocycles. The molecule has 30 nitrogen and oxygen atoms in total. The number of carbonyl (C=O) groups is 11. The topological polar surface area (TPSA) is 495 Å². The van der Waals surface area contributed by atoms with E-state index in [2.05, 4.69) is 57.8 Å². The van der Waals surface area contributed by atoms with E-state index in [9.17, 15) is 63.0 Å². The summed E-state index contributed by atoms with van der Waals surface area (Å²) < 4.78 is 0. The molecule has 2 aromatic carbocycles. The highest BCUT2D eigenvalue weighted by Gasteiger charge is 2.35. The monoisotopic (exact) mass is 1300 g/mol. The number of hydrogen-bond donors (Lipinski definition) is 16. The fourth-order valence-electron chi connectivity index (χ4n) is 8.97. The average molecular weight is 1300 g/mol. The van der Waals surface area contributed by atoms with Crippen molar-refractivity contribution in [3.05, 3.63) is 42.0 Å². The van der Waals surface area contributed by atoms with E-state index in [0.717, 1.165) is 16.5 Å². The number of nitrogens with zero attached hydrogens (tertiary/aromatic N) is 3. The van der Waals surface area contributed by atoms with E-state index in [0.29, 0.717) is 11.3 Å². The van der Waals surface area contributed by atoms with Crippen molar-refractivity contribution in [2.75, 3.05) is 50.2 Å². The van der Waals surface area contributed by atoms with Crippen molar-refractivity contribution in [1.29, 1.82) is 0 Å². The Labute approximate surface area is 536 Å². The Bertz CT molecular complexity index is 2870. The van der Waals surface area contributed by atoms with Gasteiger partial charge in [0.15, 0.2) is 17.7 Å². The molecular weight excluding hydrogens is 1200 g/mol. The first kappa shape index (κ1) is 78.8. The second-order valence-electron chi connectivity index (χ2n) is 23.9. The molecule has 2 rings (SSSR count). The van der Waals surface area contributed by atoms with Gasteiger partial charge in [-0.05, 0) is 112 Å². The van der Waals surface area contributed by atoms with Crippen molar-refractivity contribution in [1.82, 2.24) is 47.9 Å². The zero-order chi connectivity index (χ0) is 68.8. The molecule has 0 unspecified atom stereocenters. The van der Waals surface area contributed by atoms with Crippen molar-refractivity contribution in [2.24, 2.45) is 56.4 Å². The lowest BCUT2D eigenvalue weighted by molar-refractivity contribution is -0.142. The minimum absolute atomic E-state index is 0.0280. The summed E-state index contributed by atoms with van der Waals surface area (Å²) in [5, 5.41) is 44.8. The van der Waals surface area contributed by atoms with Gasteiger partial charge in [0.25, 0.3) is 0 Å². The summed E-state index contributed by atoms with van der Waals surface area (Å²) >= 11 is 1.32. The second-order valence-corrected chi connectivity index (χ2v) is 25.0. The Kier molecular flexibility index (Phi) is 34.4. The van der Waals surface area contributed by atoms with Gasteiger partial charge in [-0.15, -0.1) is 0 Å². The number of nitrogens with two attached hydrogens (primary N) is 5. The lowest BCUT2D eigenvalue weighted by Crippen LogP contribution is -2.60. The maximum absolute atomic E-state index is 14.1. The normalized spacial score (nSPS) is 14.5. The fourth-order valence-corrected chi connectivity index (χ4v) is 9.87. The third-order valence-electron chi connectivity index (χ3n) is 14.0. The molecule has 0 heterocycles. The van der Waals surface area contributed by atoms with E-state index < -0.39 is 126 Å². The molecule has 0 saturated carbocycles. The number of ketones is 1. The average Bonchev–Trinajstić information content (AvgIpc) is 1.08. The molecule has 0 aromatic heterocycles. The van der Waals surface area contributed by atoms with Gasteiger partial charge in [0, 0.05) is 56.4 Å². The number of anilines is 1. The Balaban J connectivity index is 2.09. The molecule has 0 saturated heterocycles. The number of benzene rings is 2. The number of Topliss-reactive ketones (excluding diaryl/α,β-unsaturated/α-hetero) is 1. The lowest BCUT2D eigenvalue weighted by atomic mass is 9.98. The number of guanidine groups is 2. The standard InChI is InChI=1S/C60H99N17O13S/c1-31(2)24-44(73-51(82)36(9)69-52(83)41(61)30-91-23-20-48(79)39-17-16-38-28-40(77(10)11)19-18-37(38)27-39)54(85)74-45(25-32(3)4)55(86)75-46(26-33(5)6)56(87)76-47(29-78)57(88)70-34(7)49(80)68-35(8)50(81)71-42(14-12-21-66-59(62)63)53(84)72-43(58(89)90)15-13-22-67-60(64)65/h16-19,27-28,31-36,41-47,78H,12-15,20-26,29-30,61H2,1-11H3,(H,68,80)(H,69,83)(H,70,88)(H,71,81)(H,72,84)(H,73,82)(H,74,85)(H,75,86)(H,76,87)(H,89,90)(H4,62,63,66)(H4,64,65,67)/t34-,35-,36-,41-,42-,43-,44-,45-,46-,47-/m0/s1. The van der Waals surface area contributed by atoms with Crippen molar-refractivity contribution in [3.8, 4) is 0 Å². The zero-order valence-corrected chi connectivity index (χ0v) is 55.0. The van der Waals surface area contributed by atoms with Gasteiger partial charge in [-0.1, -0.05) is 59.7 Å². The predicted molar refractivity (Wildman–Crippen MR) is 350 cm³/mol. The molecule has 10 atom stereocenters. The van der Waals surface area contributed by atoms with Gasteiger partial charge >= 0.3 is 5.97 Å². The number of thioether (sulfide) groups is 1. The Hall–Kier alpha value is -8.32. The molecule has 0 aliphatic heterocycles. The number of aliphatic hydroxyl groups excluding tert-OH is 1. The summed E-state index contributed by atoms with van der Waals surface area (Å²) in [5.74, 6) is -9.18. The van der Waals surface area contributed by atoms with Crippen LogP contribution in [0.4, 0.5) is 5.69 Å². The third kappa shape index (κ3) is 29.5. The number of amides is 9. The van der Waals surface area contributed by atoms with Gasteiger partial charge in [-0.25, -0.2) is 4.79 Å². The van der Waals surface area contributed by atoms with E-state index in [4.69, 9.17) is 28.7 Å². The largest absolute Gasteiger partial charge is 0.480 e. The Morgan fingerprint density at radius 2 is 0.868 bits per heavy atom. The van der Waals surface area contributed by atoms with Gasteiger partial charge in [0.05, 0.1) is 12.6 Å². The van der Waals surface area contributed by atoms with Crippen molar-refractivity contribution < 1.29 is 63.0 Å². The first-order chi connectivity index (χ1) is 42.6. The molecule has 0 bridgehead atoms. The van der Waals surface area contributed by atoms with Gasteiger partial charge in [0.2, 0.25) is 53.2 Å². The van der Waals surface area contributed by atoms with Crippen LogP contribution in [0.5, 0.6) is 0 Å². The van der Waals surface area contributed by atoms with Crippen LogP contribution in [0.15, 0.2) is 46.4 Å². The van der Waals surface area contributed by atoms with E-state index >= 15 is 0 Å². The number of aliphatic imine (C=N–C) groups is 2. The summed E-state index contributed by atoms with van der Waals surface area (Å²) in [6, 6.07) is -1.44. The van der Waals surface area contributed by atoms with E-state index in [1.54, 1.807) is 33.8 Å². The van der Waals surface area contributed by atoms with Crippen molar-refractivity contribution >= 4 is 105 Å². The number of aliphatic hydroxyl groups is 1. The highest BCUT2D eigenvalue weighted by Crippen LogP contribution is 2.23. The molecule has 0 fully saturated rings. The van der Waals surface area contributed by atoms with Crippen LogP contribution in [0, 0.1) is 17.8 Å². The van der Waals surface area contributed by atoms with Crippen LogP contribution in [-0.4, -0.2) is 193 Å². The van der Waals surface area contributed by atoms with Crippen LogP contribution in [0.25, 0.3) is 10.8 Å². The molecule has 0 aliphatic rings. The Morgan fingerprint density at radius 3 is 1.32 bits per heavy atom. The van der Waals surface area contributed by atoms with Crippen molar-refractivity contribution in [2.45, 2.75) is 174 Å². The van der Waals surface area contributed by atoms with Crippen molar-refractivity contribution in [3.63, 3.8) is 0 Å². The van der Waals surface area contributed by atoms with Crippen LogP contribution in [0.2, 0.25) is 0 Å². The molecule has 9 amide bonds. The van der Waals surface area contributed by atoms with E-state index in [1.165, 1.54) is 32.5 Å². The fraction of sp³-hybridized carbons (Fsp3) is 0.617. The quantitative estimate of drug-likeness (QED) is 0.0152. The second kappa shape index (κ2) is 39.7. The van der Waals surface area contributed by atoms with Gasteiger partial charge < -0.3 is 91.6 Å². The summed E-state index contributed by atoms with van der Waals surface area (Å²) in [6.07, 6.45) is 0.697. The smallest absolute Gasteiger partial charge is 0.326 e. The lowest BCUT2D eigenvalue weighted by Gasteiger charge is -2.28. The van der Waals surface area contributed by atoms with E-state index in [-0.39, 0.29) is 106 Å². The van der Waals surface area contributed by atoms with Gasteiger partial charge in [-0.3, -0.25) is 57.9 Å². The maximum Gasteiger partial charge on any atom is 0.326 e. The number of aliphatic carboxylic acids is 1. The van der Waals surface area contributed by atoms with Crippen LogP contribution < -0.4 is 81.4 Å². The molecule has 21 N–H and O–H groups in total. The van der Waals surface area contributed by atoms with Crippen LogP contribution in [0.3, 0.4) is 0 Å². The molecule has 91 heavy (non-hydrogen) atoms. The maximum atomic E-state index is 14.1. The first-order valence-electron chi connectivity index (χ1n) is 30.4. The number of carbonyl (C=O) groups excluding carboxylic acids is 10. The number of carboxylic acids is 1. The number of carboxylic acid groups (broad SMARTS) is 1. The van der Waals surface area contributed by atoms with E-state index in [1.807, 2.05) is 63.2 Å². The summed E-state index contributed by atoms with van der Waals surface area (Å²) in [7, 11) is 3.91. The summed E-state index contributed by atoms with van der Waals surface area (Å²) in [4.78, 5) is 157. The number of fused-ring (bicyclic) bond motifs is 1. The molecule has 0 spiro atoms. The predicted octanol–water partition coefficient (Wildman–Crippen LogP) is -1.72. The molecule has 0 radical (unpaired) electrons. The zero-order valence-electron chi connectivity index (χ0n) is 54.2. The highest BCUT2D eigenvalue weighted by molar-refractivity contribution is 7.99. The number of hydrogen-bond acceptors (Lipinski definition) is 17. The molecule has 508 valence electrons. The van der Waals surface area contributed by atoms with Gasteiger partial charge in [0.1, 0.15) is 54.4 Å². The first-order valence-corrected chi connectivity index (χ1v) is 31.5. The van der Waals surface area contributed by atoms with Crippen LogP contribution >= 0.6 is 11.8 Å². The SMILES string of the molecule is CC(C)C[C@H](NC(=O)[C@H](C)NC(=O)[C@@H](N)CSCCC(=O)c1ccc2cc(N(C)C)ccc2c1)C(=O)N[C@@H](CC(C)C)C(=O)N[C@@H](CC(C)C)C(=O)N[C@@H](CO)C(=O)N[C@@H](C)C(=O)N[C@@H](C)C(=O)N[C@@H](CCCN=C(N)N)C(=O)N[C@@H](CCCN=C(N)N)C(=O)O. The molecule has 2 aromatic rings. The highest BCUT2D eigenvalue weighted by atomic mass is 32.2. The summed E-state index contributed by atoms with van der Waals surface area (Å²) in [6.45, 7) is 14.0. The van der Waals surface area contributed by atoms with Gasteiger partial charge in [-0.2, -0.15) is 11.8 Å². The minimum atomic E-state index is -1.66. The summed E-state index contributed by atoms with van der Waals surface area (Å²) in [5.41, 5.74) is 29.3. The Morgan fingerprint density at radius 1 is 0.495 bits per heavy atom. The number of nitrogens with one attached hydrogen (secondary N) is 9. The van der Waals surface area contributed by atoms with Crippen LogP contribution in [0.1, 0.15) is 124 Å².